The van der Waals surface area contributed by atoms with Gasteiger partial charge in [-0.3, -0.25) is 24.2 Å². The highest BCUT2D eigenvalue weighted by Crippen LogP contribution is 2.22. The van der Waals surface area contributed by atoms with Crippen molar-refractivity contribution in [2.24, 2.45) is 0 Å². The SMILES string of the molecule is CN1C(=O)c2ccc(C(=O)NCCN3CCOCC3)cc2C1=O. The molecule has 23 heavy (non-hydrogen) atoms. The first kappa shape index (κ1) is 15.6. The van der Waals surface area contributed by atoms with Gasteiger partial charge in [0, 0.05) is 38.8 Å². The van der Waals surface area contributed by atoms with Crippen LogP contribution in [0.15, 0.2) is 18.2 Å². The standard InChI is InChI=1S/C16H19N3O4/c1-18-15(21)12-3-2-11(10-13(12)16(18)22)14(20)17-4-5-19-6-8-23-9-7-19/h2-3,10H,4-9H2,1H3,(H,17,20). The lowest BCUT2D eigenvalue weighted by Gasteiger charge is -2.26. The lowest BCUT2D eigenvalue weighted by molar-refractivity contribution is 0.0383. The fourth-order valence-electron chi connectivity index (χ4n) is 2.76. The van der Waals surface area contributed by atoms with E-state index in [1.165, 1.54) is 19.2 Å². The fourth-order valence-corrected chi connectivity index (χ4v) is 2.76. The van der Waals surface area contributed by atoms with Crippen molar-refractivity contribution in [2.45, 2.75) is 0 Å². The lowest BCUT2D eigenvalue weighted by atomic mass is 10.1. The van der Waals surface area contributed by atoms with Gasteiger partial charge in [-0.2, -0.15) is 0 Å². The number of hydrogen-bond acceptors (Lipinski definition) is 5. The minimum absolute atomic E-state index is 0.240. The molecule has 7 heteroatoms. The monoisotopic (exact) mass is 317 g/mol. The normalized spacial score (nSPS) is 18.2. The Morgan fingerprint density at radius 1 is 1.17 bits per heavy atom. The van der Waals surface area contributed by atoms with E-state index in [0.717, 1.165) is 37.7 Å². The van der Waals surface area contributed by atoms with Gasteiger partial charge in [-0.1, -0.05) is 0 Å². The number of carbonyl (C=O) groups excluding carboxylic acids is 3. The van der Waals surface area contributed by atoms with E-state index in [4.69, 9.17) is 4.74 Å². The van der Waals surface area contributed by atoms with E-state index in [0.29, 0.717) is 23.2 Å². The van der Waals surface area contributed by atoms with Crippen molar-refractivity contribution in [2.75, 3.05) is 46.4 Å². The number of nitrogens with one attached hydrogen (secondary N) is 1. The summed E-state index contributed by atoms with van der Waals surface area (Å²) < 4.78 is 5.27. The van der Waals surface area contributed by atoms with Crippen molar-refractivity contribution in [3.05, 3.63) is 34.9 Å². The van der Waals surface area contributed by atoms with Crippen LogP contribution < -0.4 is 5.32 Å². The van der Waals surface area contributed by atoms with E-state index in [1.54, 1.807) is 6.07 Å². The zero-order valence-corrected chi connectivity index (χ0v) is 13.0. The number of carbonyl (C=O) groups is 3. The number of fused-ring (bicyclic) bond motifs is 1. The molecular formula is C16H19N3O4. The largest absolute Gasteiger partial charge is 0.379 e. The van der Waals surface area contributed by atoms with Gasteiger partial charge in [0.2, 0.25) is 0 Å². The average molecular weight is 317 g/mol. The average Bonchev–Trinajstić information content (AvgIpc) is 2.80. The van der Waals surface area contributed by atoms with Gasteiger partial charge in [-0.15, -0.1) is 0 Å². The highest BCUT2D eigenvalue weighted by atomic mass is 16.5. The summed E-state index contributed by atoms with van der Waals surface area (Å²) in [6.07, 6.45) is 0. The minimum Gasteiger partial charge on any atom is -0.379 e. The molecular weight excluding hydrogens is 298 g/mol. The molecule has 0 bridgehead atoms. The Bertz CT molecular complexity index is 653. The predicted octanol–water partition coefficient (Wildman–Crippen LogP) is -0.0256. The van der Waals surface area contributed by atoms with Crippen LogP contribution in [0.3, 0.4) is 0 Å². The highest BCUT2D eigenvalue weighted by molar-refractivity contribution is 6.21. The molecule has 2 heterocycles. The third kappa shape index (κ3) is 3.11. The van der Waals surface area contributed by atoms with Gasteiger partial charge in [0.25, 0.3) is 17.7 Å². The Hall–Kier alpha value is -2.25. The molecule has 1 saturated heterocycles. The second-order valence-electron chi connectivity index (χ2n) is 5.64. The smallest absolute Gasteiger partial charge is 0.261 e. The van der Waals surface area contributed by atoms with Crippen LogP contribution in [0, 0.1) is 0 Å². The quantitative estimate of drug-likeness (QED) is 0.789. The number of ether oxygens (including phenoxy) is 1. The lowest BCUT2D eigenvalue weighted by Crippen LogP contribution is -2.41. The molecule has 0 aromatic heterocycles. The van der Waals surface area contributed by atoms with Gasteiger partial charge < -0.3 is 10.1 Å². The molecule has 0 unspecified atom stereocenters. The molecule has 0 radical (unpaired) electrons. The van der Waals surface area contributed by atoms with Crippen LogP contribution in [0.4, 0.5) is 0 Å². The molecule has 1 aromatic carbocycles. The van der Waals surface area contributed by atoms with Crippen LogP contribution >= 0.6 is 0 Å². The summed E-state index contributed by atoms with van der Waals surface area (Å²) >= 11 is 0. The van der Waals surface area contributed by atoms with Gasteiger partial charge in [-0.25, -0.2) is 0 Å². The second kappa shape index (κ2) is 6.47. The van der Waals surface area contributed by atoms with Crippen LogP contribution in [0.2, 0.25) is 0 Å². The van der Waals surface area contributed by atoms with E-state index in [2.05, 4.69) is 10.2 Å². The van der Waals surface area contributed by atoms with Crippen molar-refractivity contribution in [1.29, 1.82) is 0 Å². The van der Waals surface area contributed by atoms with Crippen molar-refractivity contribution < 1.29 is 19.1 Å². The van der Waals surface area contributed by atoms with Crippen LogP contribution in [-0.2, 0) is 4.74 Å². The van der Waals surface area contributed by atoms with E-state index >= 15 is 0 Å². The Morgan fingerprint density at radius 2 is 1.87 bits per heavy atom. The Morgan fingerprint density at radius 3 is 2.61 bits per heavy atom. The topological polar surface area (TPSA) is 79.0 Å². The van der Waals surface area contributed by atoms with Gasteiger partial charge in [0.15, 0.2) is 0 Å². The summed E-state index contributed by atoms with van der Waals surface area (Å²) in [5.41, 5.74) is 1.03. The molecule has 2 aliphatic rings. The fraction of sp³-hybridized carbons (Fsp3) is 0.438. The molecule has 122 valence electrons. The zero-order chi connectivity index (χ0) is 16.4. The Balaban J connectivity index is 1.60. The van der Waals surface area contributed by atoms with Crippen molar-refractivity contribution >= 4 is 17.7 Å². The maximum atomic E-state index is 12.2. The second-order valence-corrected chi connectivity index (χ2v) is 5.64. The van der Waals surface area contributed by atoms with Gasteiger partial charge in [-0.05, 0) is 18.2 Å². The molecule has 1 aromatic rings. The third-order valence-corrected chi connectivity index (χ3v) is 4.17. The maximum Gasteiger partial charge on any atom is 0.261 e. The van der Waals surface area contributed by atoms with Crippen molar-refractivity contribution in [3.63, 3.8) is 0 Å². The summed E-state index contributed by atoms with van der Waals surface area (Å²) in [4.78, 5) is 39.3. The van der Waals surface area contributed by atoms with Crippen LogP contribution in [0.1, 0.15) is 31.1 Å². The molecule has 1 fully saturated rings. The molecule has 2 aliphatic heterocycles. The third-order valence-electron chi connectivity index (χ3n) is 4.17. The first-order valence-corrected chi connectivity index (χ1v) is 7.62. The van der Waals surface area contributed by atoms with Crippen molar-refractivity contribution in [3.8, 4) is 0 Å². The van der Waals surface area contributed by atoms with Crippen molar-refractivity contribution in [1.82, 2.24) is 15.1 Å². The van der Waals surface area contributed by atoms with Gasteiger partial charge in [0.1, 0.15) is 0 Å². The van der Waals surface area contributed by atoms with E-state index in [1.807, 2.05) is 0 Å². The first-order valence-electron chi connectivity index (χ1n) is 7.62. The molecule has 1 N–H and O–H groups in total. The van der Waals surface area contributed by atoms with E-state index < -0.39 is 0 Å². The maximum absolute atomic E-state index is 12.2. The summed E-state index contributed by atoms with van der Waals surface area (Å²) in [6, 6.07) is 4.60. The van der Waals surface area contributed by atoms with Crippen LogP contribution in [0.5, 0.6) is 0 Å². The first-order chi connectivity index (χ1) is 11.1. The minimum atomic E-state index is -0.368. The van der Waals surface area contributed by atoms with E-state index in [9.17, 15) is 14.4 Å². The Labute approximate surface area is 134 Å². The van der Waals surface area contributed by atoms with Gasteiger partial charge >= 0.3 is 0 Å². The summed E-state index contributed by atoms with van der Waals surface area (Å²) in [7, 11) is 1.44. The van der Waals surface area contributed by atoms with Crippen LogP contribution in [-0.4, -0.2) is 74.0 Å². The Kier molecular flexibility index (Phi) is 4.40. The molecule has 0 spiro atoms. The predicted molar refractivity (Wildman–Crippen MR) is 82.5 cm³/mol. The molecule has 3 rings (SSSR count). The number of hydrogen-bond donors (Lipinski definition) is 1. The summed E-state index contributed by atoms with van der Waals surface area (Å²) in [6.45, 7) is 4.49. The number of benzene rings is 1. The van der Waals surface area contributed by atoms with E-state index in [-0.39, 0.29) is 17.7 Å². The molecule has 0 aliphatic carbocycles. The number of amides is 3. The number of imide groups is 1. The summed E-state index contributed by atoms with van der Waals surface area (Å²) in [5.74, 6) is -0.937. The molecule has 0 atom stereocenters. The number of nitrogens with zero attached hydrogens (tertiary/aromatic N) is 2. The molecule has 7 nitrogen and oxygen atoms in total. The van der Waals surface area contributed by atoms with Crippen LogP contribution in [0.25, 0.3) is 0 Å². The zero-order valence-electron chi connectivity index (χ0n) is 13.0. The molecule has 3 amide bonds. The van der Waals surface area contributed by atoms with Gasteiger partial charge in [0.05, 0.1) is 24.3 Å². The number of rotatable bonds is 4. The highest BCUT2D eigenvalue weighted by Gasteiger charge is 2.33. The number of morpholine rings is 1. The molecule has 0 saturated carbocycles. The summed E-state index contributed by atoms with van der Waals surface area (Å²) in [5, 5.41) is 2.84.